The van der Waals surface area contributed by atoms with Gasteiger partial charge in [0.05, 0.1) is 55.3 Å². The summed E-state index contributed by atoms with van der Waals surface area (Å²) in [5, 5.41) is 58.0. The van der Waals surface area contributed by atoms with E-state index in [-0.39, 0.29) is 38.1 Å². The molecule has 14 nitrogen and oxygen atoms in total. The van der Waals surface area contributed by atoms with Gasteiger partial charge in [0.25, 0.3) is 0 Å². The Morgan fingerprint density at radius 1 is 0.857 bits per heavy atom. The molecule has 2 saturated heterocycles. The Hall–Kier alpha value is -3.24. The van der Waals surface area contributed by atoms with Crippen LogP contribution in [0.25, 0.3) is 0 Å². The second-order valence-corrected chi connectivity index (χ2v) is 10.8. The number of carbonyl (C=O) groups is 2. The summed E-state index contributed by atoms with van der Waals surface area (Å²) in [4.78, 5) is 35.4. The van der Waals surface area contributed by atoms with Crippen molar-refractivity contribution in [1.82, 2.24) is 30.4 Å². The molecular weight excluding hydrogens is 548 g/mol. The molecule has 0 spiro atoms. The third-order valence-electron chi connectivity index (χ3n) is 7.94. The Kier molecular flexibility index (Phi) is 10.8. The molecule has 8 atom stereocenters. The molecule has 42 heavy (non-hydrogen) atoms. The van der Waals surface area contributed by atoms with Crippen LogP contribution < -0.4 is 15.4 Å². The molecule has 2 fully saturated rings. The number of hydrogen-bond donors (Lipinski definition) is 7. The number of likely N-dealkylation sites (tertiary alicyclic amines) is 2. The maximum absolute atomic E-state index is 11.8. The molecule has 230 valence electrons. The molecule has 0 radical (unpaired) electrons. The standard InChI is InChI=1S/C28H40N6O8/c1-16(37)31-10-21-25(39)26(40)23(14-35)34(21)13-19-8-20(5-7-30-19)42-28-22(11-32-17(2)38)33(24(15-36)27(28)41)12-18-4-3-6-29-9-18/h3-9,21-28,35-36,39-41H,10-15H2,1-2H3,(H,31,37)(H,32,38). The SMILES string of the molecule is CC(=O)NCC1C(O)C(O)C(CO)N1Cc1cc(OC2C(O)C(CO)N(Cc3cccnc3)C2CNC(C)=O)ccn1. The van der Waals surface area contributed by atoms with Crippen LogP contribution in [0.1, 0.15) is 25.1 Å². The van der Waals surface area contributed by atoms with Gasteiger partial charge in [-0.05, 0) is 17.7 Å². The zero-order valence-corrected chi connectivity index (χ0v) is 23.7. The minimum Gasteiger partial charge on any atom is -0.486 e. The highest BCUT2D eigenvalue weighted by Gasteiger charge is 2.50. The van der Waals surface area contributed by atoms with Gasteiger partial charge in [-0.2, -0.15) is 0 Å². The first-order valence-electron chi connectivity index (χ1n) is 13.9. The van der Waals surface area contributed by atoms with E-state index < -0.39 is 55.2 Å². The Labute approximate surface area is 244 Å². The molecule has 0 aliphatic carbocycles. The van der Waals surface area contributed by atoms with Crippen molar-refractivity contribution in [3.8, 4) is 5.75 Å². The first-order chi connectivity index (χ1) is 20.1. The summed E-state index contributed by atoms with van der Waals surface area (Å²) in [6, 6.07) is 4.34. The van der Waals surface area contributed by atoms with E-state index >= 15 is 0 Å². The van der Waals surface area contributed by atoms with Crippen LogP contribution in [0.2, 0.25) is 0 Å². The summed E-state index contributed by atoms with van der Waals surface area (Å²) in [5.74, 6) is -0.165. The fourth-order valence-corrected chi connectivity index (χ4v) is 5.84. The van der Waals surface area contributed by atoms with Crippen LogP contribution in [0.3, 0.4) is 0 Å². The molecule has 7 N–H and O–H groups in total. The second kappa shape index (κ2) is 14.3. The summed E-state index contributed by atoms with van der Waals surface area (Å²) in [6.07, 6.45) is 0.536. The quantitative estimate of drug-likeness (QED) is 0.136. The van der Waals surface area contributed by atoms with Crippen molar-refractivity contribution in [1.29, 1.82) is 0 Å². The Bertz CT molecular complexity index is 1190. The lowest BCUT2D eigenvalue weighted by atomic mass is 10.1. The van der Waals surface area contributed by atoms with Gasteiger partial charge in [-0.1, -0.05) is 6.07 Å². The van der Waals surface area contributed by atoms with E-state index in [2.05, 4.69) is 20.6 Å². The van der Waals surface area contributed by atoms with Gasteiger partial charge < -0.3 is 40.9 Å². The molecule has 14 heteroatoms. The van der Waals surface area contributed by atoms with Gasteiger partial charge in [-0.25, -0.2) is 0 Å². The topological polar surface area (TPSA) is 201 Å². The number of amides is 2. The Morgan fingerprint density at radius 2 is 1.48 bits per heavy atom. The summed E-state index contributed by atoms with van der Waals surface area (Å²) in [5.41, 5.74) is 1.36. The van der Waals surface area contributed by atoms with E-state index in [0.717, 1.165) is 5.56 Å². The number of ether oxygens (including phenoxy) is 1. The molecule has 2 aromatic heterocycles. The van der Waals surface area contributed by atoms with Crippen LogP contribution in [0, 0.1) is 0 Å². The van der Waals surface area contributed by atoms with Crippen LogP contribution in [-0.2, 0) is 22.7 Å². The van der Waals surface area contributed by atoms with Crippen LogP contribution in [0.15, 0.2) is 42.9 Å². The molecule has 4 heterocycles. The molecule has 2 aliphatic heterocycles. The van der Waals surface area contributed by atoms with Gasteiger partial charge in [0, 0.05) is 64.7 Å². The third kappa shape index (κ3) is 7.21. The summed E-state index contributed by atoms with van der Waals surface area (Å²) >= 11 is 0. The Balaban J connectivity index is 1.56. The largest absolute Gasteiger partial charge is 0.486 e. The van der Waals surface area contributed by atoms with Crippen molar-refractivity contribution in [2.75, 3.05) is 26.3 Å². The highest BCUT2D eigenvalue weighted by Crippen LogP contribution is 2.32. The summed E-state index contributed by atoms with van der Waals surface area (Å²) in [7, 11) is 0. The number of nitrogens with one attached hydrogen (secondary N) is 2. The van der Waals surface area contributed by atoms with E-state index in [1.807, 2.05) is 11.0 Å². The van der Waals surface area contributed by atoms with Crippen LogP contribution in [0.5, 0.6) is 5.75 Å². The van der Waals surface area contributed by atoms with E-state index in [1.54, 1.807) is 35.5 Å². The van der Waals surface area contributed by atoms with E-state index in [0.29, 0.717) is 18.0 Å². The fraction of sp³-hybridized carbons (Fsp3) is 0.571. The number of aliphatic hydroxyl groups is 5. The minimum absolute atomic E-state index is 0.0641. The van der Waals surface area contributed by atoms with Gasteiger partial charge >= 0.3 is 0 Å². The van der Waals surface area contributed by atoms with E-state index in [1.165, 1.54) is 20.0 Å². The van der Waals surface area contributed by atoms with Crippen molar-refractivity contribution < 1.29 is 39.9 Å². The van der Waals surface area contributed by atoms with E-state index in [4.69, 9.17) is 4.74 Å². The molecule has 8 unspecified atom stereocenters. The van der Waals surface area contributed by atoms with Gasteiger partial charge in [-0.3, -0.25) is 29.4 Å². The van der Waals surface area contributed by atoms with Crippen molar-refractivity contribution in [3.05, 3.63) is 54.1 Å². The van der Waals surface area contributed by atoms with Crippen LogP contribution >= 0.6 is 0 Å². The normalized spacial score (nSPS) is 29.9. The van der Waals surface area contributed by atoms with Crippen molar-refractivity contribution in [3.63, 3.8) is 0 Å². The maximum Gasteiger partial charge on any atom is 0.216 e. The van der Waals surface area contributed by atoms with Crippen molar-refractivity contribution in [2.45, 2.75) is 75.5 Å². The van der Waals surface area contributed by atoms with Crippen LogP contribution in [-0.4, -0.2) is 132 Å². The van der Waals surface area contributed by atoms with Gasteiger partial charge in [0.2, 0.25) is 11.8 Å². The highest BCUT2D eigenvalue weighted by molar-refractivity contribution is 5.73. The third-order valence-corrected chi connectivity index (χ3v) is 7.94. The summed E-state index contributed by atoms with van der Waals surface area (Å²) < 4.78 is 6.31. The number of pyridine rings is 2. The number of rotatable bonds is 12. The van der Waals surface area contributed by atoms with Crippen molar-refractivity contribution in [2.24, 2.45) is 0 Å². The predicted molar refractivity (Wildman–Crippen MR) is 149 cm³/mol. The monoisotopic (exact) mass is 588 g/mol. The molecule has 4 rings (SSSR count). The van der Waals surface area contributed by atoms with Gasteiger partial charge in [-0.15, -0.1) is 0 Å². The summed E-state index contributed by atoms with van der Waals surface area (Å²) in [6.45, 7) is 2.71. The minimum atomic E-state index is -1.22. The average Bonchev–Trinajstić information content (AvgIpc) is 3.34. The van der Waals surface area contributed by atoms with E-state index in [9.17, 15) is 35.1 Å². The van der Waals surface area contributed by atoms with Crippen molar-refractivity contribution >= 4 is 11.8 Å². The molecular formula is C28H40N6O8. The number of aliphatic hydroxyl groups excluding tert-OH is 5. The second-order valence-electron chi connectivity index (χ2n) is 10.8. The molecule has 2 aromatic rings. The van der Waals surface area contributed by atoms with Gasteiger partial charge in [0.15, 0.2) is 0 Å². The average molecular weight is 589 g/mol. The molecule has 0 saturated carbocycles. The molecule has 2 amide bonds. The number of carbonyl (C=O) groups excluding carboxylic acids is 2. The zero-order valence-electron chi connectivity index (χ0n) is 23.7. The molecule has 2 aliphatic rings. The number of aromatic nitrogens is 2. The predicted octanol–water partition coefficient (Wildman–Crippen LogP) is -2.63. The first kappa shape index (κ1) is 31.7. The molecule has 0 bridgehead atoms. The lowest BCUT2D eigenvalue weighted by Crippen LogP contribution is -2.48. The fourth-order valence-electron chi connectivity index (χ4n) is 5.84. The smallest absolute Gasteiger partial charge is 0.216 e. The van der Waals surface area contributed by atoms with Gasteiger partial charge in [0.1, 0.15) is 18.0 Å². The zero-order chi connectivity index (χ0) is 30.4. The maximum atomic E-state index is 11.8. The molecule has 0 aromatic carbocycles. The first-order valence-corrected chi connectivity index (χ1v) is 13.9. The number of nitrogens with zero attached hydrogens (tertiary/aromatic N) is 4. The lowest BCUT2D eigenvalue weighted by molar-refractivity contribution is -0.120. The Morgan fingerprint density at radius 3 is 2.10 bits per heavy atom. The van der Waals surface area contributed by atoms with Crippen LogP contribution in [0.4, 0.5) is 0 Å². The number of hydrogen-bond acceptors (Lipinski definition) is 12. The highest BCUT2D eigenvalue weighted by atomic mass is 16.5. The lowest BCUT2D eigenvalue weighted by Gasteiger charge is -2.30.